The molecular formula is C8H19NO3S. The summed E-state index contributed by atoms with van der Waals surface area (Å²) in [7, 11) is -3.23. The number of hydrogen-bond donors (Lipinski definition) is 1. The monoisotopic (exact) mass is 209 g/mol. The van der Waals surface area contributed by atoms with Crippen LogP contribution in [0.4, 0.5) is 0 Å². The lowest BCUT2D eigenvalue weighted by molar-refractivity contribution is 0.232. The molecule has 0 aromatic rings. The van der Waals surface area contributed by atoms with Crippen LogP contribution in [0.1, 0.15) is 39.5 Å². The standard InChI is InChI=1S/C8H19NO3S/c1-3-5-7-11-13(9,10)12-8-6-4-2/h9H,3-8H2,1-2H3. The van der Waals surface area contributed by atoms with Gasteiger partial charge in [-0.3, -0.25) is 8.37 Å². The van der Waals surface area contributed by atoms with Gasteiger partial charge in [0.15, 0.2) is 0 Å². The zero-order chi connectivity index (χ0) is 10.2. The third kappa shape index (κ3) is 8.21. The maximum atomic E-state index is 11.2. The topological polar surface area (TPSA) is 59.4 Å². The first kappa shape index (κ1) is 12.9. The van der Waals surface area contributed by atoms with Crippen LogP contribution >= 0.6 is 0 Å². The molecule has 1 N–H and O–H groups in total. The van der Waals surface area contributed by atoms with Crippen molar-refractivity contribution in [2.24, 2.45) is 0 Å². The van der Waals surface area contributed by atoms with E-state index in [1.807, 2.05) is 13.8 Å². The summed E-state index contributed by atoms with van der Waals surface area (Å²) in [6.07, 6.45) is 3.55. The predicted octanol–water partition coefficient (Wildman–Crippen LogP) is 2.50. The zero-order valence-electron chi connectivity index (χ0n) is 8.38. The summed E-state index contributed by atoms with van der Waals surface area (Å²) in [6.45, 7) is 4.69. The van der Waals surface area contributed by atoms with Crippen molar-refractivity contribution in [3.8, 4) is 0 Å². The first-order valence-electron chi connectivity index (χ1n) is 4.70. The van der Waals surface area contributed by atoms with Crippen LogP contribution in [0, 0.1) is 4.78 Å². The fourth-order valence-corrected chi connectivity index (χ4v) is 1.40. The fraction of sp³-hybridized carbons (Fsp3) is 1.00. The van der Waals surface area contributed by atoms with Crippen molar-refractivity contribution in [1.29, 1.82) is 4.78 Å². The molecule has 0 aliphatic heterocycles. The summed E-state index contributed by atoms with van der Waals surface area (Å²) in [5, 5.41) is 0. The summed E-state index contributed by atoms with van der Waals surface area (Å²) in [6, 6.07) is 0. The molecule has 0 aromatic carbocycles. The molecule has 0 saturated heterocycles. The molecule has 0 aromatic heterocycles. The zero-order valence-corrected chi connectivity index (χ0v) is 9.19. The average molecular weight is 209 g/mol. The number of unbranched alkanes of at least 4 members (excludes halogenated alkanes) is 2. The molecule has 0 unspecified atom stereocenters. The Kier molecular flexibility index (Phi) is 7.22. The summed E-state index contributed by atoms with van der Waals surface area (Å²) < 4.78 is 27.9. The van der Waals surface area contributed by atoms with Gasteiger partial charge in [-0.25, -0.2) is 4.78 Å². The molecule has 0 aliphatic rings. The Morgan fingerprint density at radius 2 is 1.46 bits per heavy atom. The van der Waals surface area contributed by atoms with Gasteiger partial charge in [0.25, 0.3) is 10.3 Å². The lowest BCUT2D eigenvalue weighted by Crippen LogP contribution is -2.10. The Balaban J connectivity index is 3.55. The van der Waals surface area contributed by atoms with Crippen molar-refractivity contribution in [2.75, 3.05) is 13.2 Å². The van der Waals surface area contributed by atoms with Gasteiger partial charge >= 0.3 is 0 Å². The van der Waals surface area contributed by atoms with E-state index in [0.717, 1.165) is 25.7 Å². The predicted molar refractivity (Wildman–Crippen MR) is 52.6 cm³/mol. The quantitative estimate of drug-likeness (QED) is 0.625. The summed E-state index contributed by atoms with van der Waals surface area (Å²) in [4.78, 5) is 0. The van der Waals surface area contributed by atoms with Gasteiger partial charge in [0.2, 0.25) is 0 Å². The Morgan fingerprint density at radius 3 is 1.77 bits per heavy atom. The van der Waals surface area contributed by atoms with Gasteiger partial charge in [0, 0.05) is 0 Å². The third-order valence-corrected chi connectivity index (χ3v) is 2.43. The van der Waals surface area contributed by atoms with E-state index in [-0.39, 0.29) is 0 Å². The number of nitrogens with one attached hydrogen (secondary N) is 1. The molecule has 0 atom stereocenters. The van der Waals surface area contributed by atoms with Crippen molar-refractivity contribution in [1.82, 2.24) is 0 Å². The van der Waals surface area contributed by atoms with Crippen molar-refractivity contribution < 1.29 is 12.6 Å². The van der Waals surface area contributed by atoms with E-state index < -0.39 is 10.3 Å². The summed E-state index contributed by atoms with van der Waals surface area (Å²) in [5.74, 6) is 0. The van der Waals surface area contributed by atoms with Crippen LogP contribution in [-0.2, 0) is 18.7 Å². The van der Waals surface area contributed by atoms with E-state index in [0.29, 0.717) is 13.2 Å². The highest BCUT2D eigenvalue weighted by Gasteiger charge is 2.05. The molecule has 0 saturated carbocycles. The minimum absolute atomic E-state index is 0.338. The van der Waals surface area contributed by atoms with Crippen molar-refractivity contribution in [3.63, 3.8) is 0 Å². The van der Waals surface area contributed by atoms with Gasteiger partial charge in [-0.2, -0.15) is 4.21 Å². The fourth-order valence-electron chi connectivity index (χ4n) is 0.660. The second kappa shape index (κ2) is 7.29. The normalized spacial score (nSPS) is 11.8. The molecule has 0 fully saturated rings. The van der Waals surface area contributed by atoms with Crippen LogP contribution in [0.5, 0.6) is 0 Å². The lowest BCUT2D eigenvalue weighted by Gasteiger charge is -2.07. The summed E-state index contributed by atoms with van der Waals surface area (Å²) in [5.41, 5.74) is 0. The van der Waals surface area contributed by atoms with E-state index in [1.165, 1.54) is 0 Å². The van der Waals surface area contributed by atoms with Crippen LogP contribution in [0.2, 0.25) is 0 Å². The first-order chi connectivity index (χ1) is 6.12. The SMILES string of the molecule is CCCCOS(=N)(=O)OCCCC. The molecule has 13 heavy (non-hydrogen) atoms. The molecule has 4 nitrogen and oxygen atoms in total. The van der Waals surface area contributed by atoms with E-state index in [1.54, 1.807) is 0 Å². The molecule has 0 spiro atoms. The van der Waals surface area contributed by atoms with Crippen LogP contribution in [0.25, 0.3) is 0 Å². The molecular weight excluding hydrogens is 190 g/mol. The maximum absolute atomic E-state index is 11.2. The van der Waals surface area contributed by atoms with Crippen LogP contribution in [-0.4, -0.2) is 17.4 Å². The number of hydrogen-bond acceptors (Lipinski definition) is 4. The van der Waals surface area contributed by atoms with Crippen molar-refractivity contribution in [3.05, 3.63) is 0 Å². The van der Waals surface area contributed by atoms with Gasteiger partial charge in [-0.1, -0.05) is 26.7 Å². The molecule has 0 amide bonds. The smallest absolute Gasteiger partial charge is 0.264 e. The number of rotatable bonds is 8. The Hall–Kier alpha value is -0.130. The Morgan fingerprint density at radius 1 is 1.08 bits per heavy atom. The first-order valence-corrected chi connectivity index (χ1v) is 6.10. The molecule has 5 heteroatoms. The van der Waals surface area contributed by atoms with Gasteiger partial charge in [0.1, 0.15) is 0 Å². The highest BCUT2D eigenvalue weighted by molar-refractivity contribution is 7.82. The van der Waals surface area contributed by atoms with E-state index in [9.17, 15) is 4.21 Å². The van der Waals surface area contributed by atoms with E-state index in [2.05, 4.69) is 0 Å². The van der Waals surface area contributed by atoms with Crippen molar-refractivity contribution >= 4 is 10.3 Å². The highest BCUT2D eigenvalue weighted by Crippen LogP contribution is 2.01. The lowest BCUT2D eigenvalue weighted by atomic mass is 10.4. The van der Waals surface area contributed by atoms with Crippen LogP contribution in [0.3, 0.4) is 0 Å². The molecule has 0 rings (SSSR count). The highest BCUT2D eigenvalue weighted by atomic mass is 32.2. The second-order valence-electron chi connectivity index (χ2n) is 2.81. The Bertz CT molecular complexity index is 185. The largest absolute Gasteiger partial charge is 0.289 e. The van der Waals surface area contributed by atoms with Crippen LogP contribution in [0.15, 0.2) is 0 Å². The molecule has 80 valence electrons. The Labute approximate surface area is 81.0 Å². The van der Waals surface area contributed by atoms with Gasteiger partial charge < -0.3 is 0 Å². The minimum Gasteiger partial charge on any atom is -0.264 e. The molecule has 0 heterocycles. The minimum atomic E-state index is -3.23. The molecule has 0 radical (unpaired) electrons. The second-order valence-corrected chi connectivity index (χ2v) is 4.18. The van der Waals surface area contributed by atoms with E-state index in [4.69, 9.17) is 13.1 Å². The maximum Gasteiger partial charge on any atom is 0.289 e. The van der Waals surface area contributed by atoms with Gasteiger partial charge in [-0.15, -0.1) is 0 Å². The van der Waals surface area contributed by atoms with Crippen LogP contribution < -0.4 is 0 Å². The third-order valence-electron chi connectivity index (χ3n) is 1.47. The van der Waals surface area contributed by atoms with E-state index >= 15 is 0 Å². The average Bonchev–Trinajstić information content (AvgIpc) is 2.05. The summed E-state index contributed by atoms with van der Waals surface area (Å²) >= 11 is 0. The van der Waals surface area contributed by atoms with Gasteiger partial charge in [0.05, 0.1) is 13.2 Å². The molecule has 0 bridgehead atoms. The van der Waals surface area contributed by atoms with Crippen molar-refractivity contribution in [2.45, 2.75) is 39.5 Å². The molecule has 0 aliphatic carbocycles. The van der Waals surface area contributed by atoms with Gasteiger partial charge in [-0.05, 0) is 12.8 Å².